The number of hydrogen-bond donors (Lipinski definition) is 0. The number of aliphatic imine (C=N–C) groups is 1. The van der Waals surface area contributed by atoms with Crippen molar-refractivity contribution in [3.8, 4) is 0 Å². The summed E-state index contributed by atoms with van der Waals surface area (Å²) in [5.74, 6) is -0.820. The number of carbonyl (C=O) groups is 1. The standard InChI is InChI=1S/C31H27N3O3/c1-33-29-26(30(36)34(2)31(33)37)24(25-27(32-29)22-13-6-7-14-23(22)28(25)35)21-17-15-20(16-18-21)12-8-11-19-9-4-3-5-10-19/h3-7,9-10,13-18,24-25H,8,11-12H2,1-2H3/t24-,25-/m1/s1. The zero-order valence-corrected chi connectivity index (χ0v) is 20.8. The maximum absolute atomic E-state index is 13.7. The van der Waals surface area contributed by atoms with Gasteiger partial charge in [-0.05, 0) is 36.0 Å². The van der Waals surface area contributed by atoms with Gasteiger partial charge in [-0.25, -0.2) is 9.79 Å². The Labute approximate surface area is 214 Å². The molecule has 0 spiro atoms. The van der Waals surface area contributed by atoms with E-state index in [9.17, 15) is 14.4 Å². The zero-order valence-electron chi connectivity index (χ0n) is 20.8. The number of carbonyl (C=O) groups excluding carboxylic acids is 1. The molecule has 2 aliphatic rings. The molecule has 6 heteroatoms. The quantitative estimate of drug-likeness (QED) is 0.419. The summed E-state index contributed by atoms with van der Waals surface area (Å²) in [6.45, 7) is 0. The molecule has 0 saturated heterocycles. The highest BCUT2D eigenvalue weighted by molar-refractivity contribution is 6.30. The molecule has 0 saturated carbocycles. The maximum Gasteiger partial charge on any atom is 0.332 e. The highest BCUT2D eigenvalue weighted by atomic mass is 16.2. The first-order valence-electron chi connectivity index (χ1n) is 12.6. The van der Waals surface area contributed by atoms with Gasteiger partial charge in [0, 0.05) is 31.1 Å². The van der Waals surface area contributed by atoms with Crippen LogP contribution in [-0.2, 0) is 26.9 Å². The van der Waals surface area contributed by atoms with Crippen molar-refractivity contribution in [3.63, 3.8) is 0 Å². The summed E-state index contributed by atoms with van der Waals surface area (Å²) in [4.78, 5) is 44.6. The van der Waals surface area contributed by atoms with E-state index in [2.05, 4.69) is 36.4 Å². The normalized spacial score (nSPS) is 17.7. The van der Waals surface area contributed by atoms with E-state index in [1.165, 1.54) is 22.7 Å². The maximum atomic E-state index is 13.7. The van der Waals surface area contributed by atoms with E-state index in [1.807, 2.05) is 42.5 Å². The Morgan fingerprint density at radius 1 is 0.703 bits per heavy atom. The molecule has 0 N–H and O–H groups in total. The lowest BCUT2D eigenvalue weighted by molar-refractivity contribution is 0.0953. The van der Waals surface area contributed by atoms with Gasteiger partial charge in [-0.15, -0.1) is 0 Å². The Balaban J connectivity index is 1.41. The van der Waals surface area contributed by atoms with Crippen LogP contribution in [0.5, 0.6) is 0 Å². The molecular formula is C31H27N3O3. The van der Waals surface area contributed by atoms with Crippen LogP contribution < -0.4 is 11.2 Å². The highest BCUT2D eigenvalue weighted by Gasteiger charge is 2.47. The molecule has 4 aromatic rings. The van der Waals surface area contributed by atoms with Crippen molar-refractivity contribution >= 4 is 17.3 Å². The smallest absolute Gasteiger partial charge is 0.293 e. The van der Waals surface area contributed by atoms with Crippen LogP contribution in [0.1, 0.15) is 50.5 Å². The van der Waals surface area contributed by atoms with Gasteiger partial charge < -0.3 is 0 Å². The molecule has 0 bridgehead atoms. The van der Waals surface area contributed by atoms with E-state index in [-0.39, 0.29) is 5.78 Å². The molecule has 2 atom stereocenters. The van der Waals surface area contributed by atoms with Gasteiger partial charge in [0.1, 0.15) is 5.82 Å². The lowest BCUT2D eigenvalue weighted by Gasteiger charge is -2.30. The van der Waals surface area contributed by atoms with Gasteiger partial charge >= 0.3 is 5.69 Å². The van der Waals surface area contributed by atoms with E-state index < -0.39 is 23.1 Å². The first kappa shape index (κ1) is 23.1. The summed E-state index contributed by atoms with van der Waals surface area (Å²) in [5.41, 5.74) is 5.00. The van der Waals surface area contributed by atoms with E-state index in [0.29, 0.717) is 22.7 Å². The molecule has 37 heavy (non-hydrogen) atoms. The van der Waals surface area contributed by atoms with Crippen LogP contribution in [0.3, 0.4) is 0 Å². The molecule has 1 aliphatic heterocycles. The van der Waals surface area contributed by atoms with Crippen molar-refractivity contribution in [2.45, 2.75) is 25.2 Å². The number of ketones is 1. The minimum absolute atomic E-state index is 0.0344. The van der Waals surface area contributed by atoms with Crippen LogP contribution in [-0.4, -0.2) is 20.6 Å². The SMILES string of the molecule is Cn1c2c(c(=O)n(C)c1=O)[C@H](c1ccc(CCCc3ccccc3)cc1)[C@H]1C(=O)c3ccccc3C1=N2. The van der Waals surface area contributed by atoms with Gasteiger partial charge in [-0.1, -0.05) is 78.9 Å². The minimum Gasteiger partial charge on any atom is -0.293 e. The summed E-state index contributed by atoms with van der Waals surface area (Å²) < 4.78 is 2.52. The number of fused-ring (bicyclic) bond motifs is 4. The summed E-state index contributed by atoms with van der Waals surface area (Å²) in [6, 6.07) is 26.1. The van der Waals surface area contributed by atoms with Crippen LogP contribution in [0.2, 0.25) is 0 Å². The molecule has 0 unspecified atom stereocenters. The van der Waals surface area contributed by atoms with Crippen molar-refractivity contribution in [2.75, 3.05) is 0 Å². The molecule has 6 rings (SSSR count). The van der Waals surface area contributed by atoms with Gasteiger partial charge in [0.25, 0.3) is 5.56 Å². The Bertz CT molecular complexity index is 1680. The van der Waals surface area contributed by atoms with Crippen LogP contribution in [0.25, 0.3) is 0 Å². The van der Waals surface area contributed by atoms with Crippen LogP contribution in [0.15, 0.2) is 93.4 Å². The average Bonchev–Trinajstić information content (AvgIpc) is 3.22. The number of aryl methyl sites for hydroxylation is 2. The molecule has 1 aromatic heterocycles. The molecule has 2 heterocycles. The van der Waals surface area contributed by atoms with Crippen LogP contribution in [0, 0.1) is 5.92 Å². The van der Waals surface area contributed by atoms with Gasteiger partial charge in [-0.2, -0.15) is 0 Å². The minimum atomic E-state index is -0.598. The summed E-state index contributed by atoms with van der Waals surface area (Å²) in [6.07, 6.45) is 2.98. The Morgan fingerprint density at radius 3 is 2.03 bits per heavy atom. The predicted molar refractivity (Wildman–Crippen MR) is 144 cm³/mol. The molecule has 1 aliphatic carbocycles. The third-order valence-corrected chi connectivity index (χ3v) is 7.70. The van der Waals surface area contributed by atoms with E-state index in [0.717, 1.165) is 35.0 Å². The zero-order chi connectivity index (χ0) is 25.7. The fourth-order valence-electron chi connectivity index (χ4n) is 5.76. The first-order chi connectivity index (χ1) is 18.0. The van der Waals surface area contributed by atoms with Crippen molar-refractivity contribution in [1.82, 2.24) is 9.13 Å². The number of nitrogens with zero attached hydrogens (tertiary/aromatic N) is 3. The van der Waals surface area contributed by atoms with Crippen molar-refractivity contribution in [1.29, 1.82) is 0 Å². The summed E-state index contributed by atoms with van der Waals surface area (Å²) >= 11 is 0. The highest BCUT2D eigenvalue weighted by Crippen LogP contribution is 2.46. The third kappa shape index (κ3) is 3.71. The number of hydrogen-bond acceptors (Lipinski definition) is 4. The third-order valence-electron chi connectivity index (χ3n) is 7.70. The largest absolute Gasteiger partial charge is 0.332 e. The Kier molecular flexibility index (Phi) is 5.60. The summed E-state index contributed by atoms with van der Waals surface area (Å²) in [5, 5.41) is 0. The lowest BCUT2D eigenvalue weighted by Crippen LogP contribution is -2.43. The first-order valence-corrected chi connectivity index (χ1v) is 12.6. The van der Waals surface area contributed by atoms with E-state index >= 15 is 0 Å². The number of aromatic nitrogens is 2. The van der Waals surface area contributed by atoms with Gasteiger partial charge in [0.2, 0.25) is 0 Å². The number of Topliss-reactive ketones (excluding diaryl/α,β-unsaturated/α-hetero) is 1. The lowest BCUT2D eigenvalue weighted by atomic mass is 9.76. The molecule has 0 amide bonds. The monoisotopic (exact) mass is 489 g/mol. The Hall–Kier alpha value is -4.32. The second-order valence-electron chi connectivity index (χ2n) is 9.89. The predicted octanol–water partition coefficient (Wildman–Crippen LogP) is 4.34. The van der Waals surface area contributed by atoms with Crippen molar-refractivity contribution in [2.24, 2.45) is 25.0 Å². The van der Waals surface area contributed by atoms with E-state index in [4.69, 9.17) is 4.99 Å². The van der Waals surface area contributed by atoms with Crippen LogP contribution >= 0.6 is 0 Å². The summed E-state index contributed by atoms with van der Waals surface area (Å²) in [7, 11) is 3.10. The molecule has 0 fully saturated rings. The fraction of sp³-hybridized carbons (Fsp3) is 0.226. The number of rotatable bonds is 5. The molecule has 0 radical (unpaired) electrons. The fourth-order valence-corrected chi connectivity index (χ4v) is 5.76. The van der Waals surface area contributed by atoms with Gasteiger partial charge in [0.15, 0.2) is 5.78 Å². The van der Waals surface area contributed by atoms with Gasteiger partial charge in [0.05, 0.1) is 17.2 Å². The second kappa shape index (κ2) is 8.96. The molecular weight excluding hydrogens is 462 g/mol. The Morgan fingerprint density at radius 2 is 1.32 bits per heavy atom. The van der Waals surface area contributed by atoms with Crippen molar-refractivity contribution < 1.29 is 4.79 Å². The second-order valence-corrected chi connectivity index (χ2v) is 9.89. The average molecular weight is 490 g/mol. The number of benzene rings is 3. The van der Waals surface area contributed by atoms with Crippen LogP contribution in [0.4, 0.5) is 5.82 Å². The van der Waals surface area contributed by atoms with E-state index in [1.54, 1.807) is 7.05 Å². The molecule has 6 nitrogen and oxygen atoms in total. The van der Waals surface area contributed by atoms with Crippen molar-refractivity contribution in [3.05, 3.63) is 133 Å². The topological polar surface area (TPSA) is 73.4 Å². The van der Waals surface area contributed by atoms with Gasteiger partial charge in [-0.3, -0.25) is 18.7 Å². The molecule has 184 valence electrons. The molecule has 3 aromatic carbocycles.